The van der Waals surface area contributed by atoms with Crippen LogP contribution < -0.4 is 9.04 Å². The summed E-state index contributed by atoms with van der Waals surface area (Å²) in [6.07, 6.45) is 2.88. The summed E-state index contributed by atoms with van der Waals surface area (Å²) in [6.45, 7) is 2.23. The van der Waals surface area contributed by atoms with Crippen LogP contribution in [0.15, 0.2) is 48.5 Å². The first kappa shape index (κ1) is 22.4. The number of hydrogen-bond acceptors (Lipinski definition) is 6. The lowest BCUT2D eigenvalue weighted by Gasteiger charge is -2.16. The Balaban J connectivity index is 1.91. The Kier molecular flexibility index (Phi) is 7.78. The molecule has 0 bridgehead atoms. The number of sulfonamides is 1. The molecule has 0 saturated heterocycles. The highest BCUT2D eigenvalue weighted by Gasteiger charge is 2.13. The summed E-state index contributed by atoms with van der Waals surface area (Å²) in [4.78, 5) is 24.1. The maximum atomic E-state index is 12.3. The number of esters is 1. The molecule has 2 aromatic rings. The summed E-state index contributed by atoms with van der Waals surface area (Å²) in [5, 5.41) is 0. The number of ether oxygens (including phenoxy) is 2. The van der Waals surface area contributed by atoms with Gasteiger partial charge >= 0.3 is 5.97 Å². The lowest BCUT2D eigenvalue weighted by atomic mass is 10.1. The Labute approximate surface area is 171 Å². The summed E-state index contributed by atoms with van der Waals surface area (Å²) in [5.41, 5.74) is 1.29. The van der Waals surface area contributed by atoms with Crippen molar-refractivity contribution < 1.29 is 27.5 Å². The van der Waals surface area contributed by atoms with Crippen molar-refractivity contribution in [3.63, 3.8) is 0 Å². The number of benzene rings is 2. The van der Waals surface area contributed by atoms with E-state index in [1.54, 1.807) is 48.5 Å². The van der Waals surface area contributed by atoms with Gasteiger partial charge in [0.2, 0.25) is 10.0 Å². The van der Waals surface area contributed by atoms with Crippen LogP contribution >= 0.6 is 0 Å². The molecule has 0 aliphatic carbocycles. The zero-order valence-corrected chi connectivity index (χ0v) is 17.6. The predicted octanol–water partition coefficient (Wildman–Crippen LogP) is 3.30. The van der Waals surface area contributed by atoms with Gasteiger partial charge in [-0.25, -0.2) is 13.2 Å². The molecular formula is C21H25NO6S. The van der Waals surface area contributed by atoms with Crippen LogP contribution in [0.2, 0.25) is 0 Å². The number of nitrogens with zero attached hydrogens (tertiary/aromatic N) is 1. The van der Waals surface area contributed by atoms with Crippen LogP contribution in [-0.4, -0.2) is 46.7 Å². The zero-order valence-electron chi connectivity index (χ0n) is 16.8. The van der Waals surface area contributed by atoms with Crippen molar-refractivity contribution in [2.45, 2.75) is 19.8 Å². The van der Waals surface area contributed by atoms with E-state index in [4.69, 9.17) is 9.47 Å². The highest BCUT2D eigenvalue weighted by Crippen LogP contribution is 2.18. The van der Waals surface area contributed by atoms with Gasteiger partial charge in [0.15, 0.2) is 12.4 Å². The fourth-order valence-corrected chi connectivity index (χ4v) is 2.87. The molecule has 0 aromatic heterocycles. The van der Waals surface area contributed by atoms with E-state index in [0.717, 1.165) is 23.4 Å². The molecule has 0 radical (unpaired) electrons. The van der Waals surface area contributed by atoms with Crippen LogP contribution in [0, 0.1) is 0 Å². The number of ketones is 1. The smallest absolute Gasteiger partial charge is 0.338 e. The van der Waals surface area contributed by atoms with Crippen molar-refractivity contribution in [2.24, 2.45) is 0 Å². The molecule has 8 heteroatoms. The van der Waals surface area contributed by atoms with Crippen LogP contribution in [0.3, 0.4) is 0 Å². The second-order valence-electron chi connectivity index (χ2n) is 6.50. The second kappa shape index (κ2) is 10.1. The Morgan fingerprint density at radius 1 is 0.966 bits per heavy atom. The van der Waals surface area contributed by atoms with E-state index < -0.39 is 10.0 Å². The quantitative estimate of drug-likeness (QED) is 0.333. The topological polar surface area (TPSA) is 90.0 Å². The van der Waals surface area contributed by atoms with Gasteiger partial charge in [0.1, 0.15) is 5.75 Å². The van der Waals surface area contributed by atoms with Crippen molar-refractivity contribution in [3.05, 3.63) is 59.7 Å². The second-order valence-corrected chi connectivity index (χ2v) is 8.52. The van der Waals surface area contributed by atoms with E-state index in [0.29, 0.717) is 29.2 Å². The number of hydrogen-bond donors (Lipinski definition) is 0. The number of carbonyl (C=O) groups is 2. The summed E-state index contributed by atoms with van der Waals surface area (Å²) in [7, 11) is -1.92. The predicted molar refractivity (Wildman–Crippen MR) is 111 cm³/mol. The Morgan fingerprint density at radius 2 is 1.55 bits per heavy atom. The first-order chi connectivity index (χ1) is 13.7. The fraction of sp³-hybridized carbons (Fsp3) is 0.333. The summed E-state index contributed by atoms with van der Waals surface area (Å²) in [6, 6.07) is 12.6. The van der Waals surface area contributed by atoms with Crippen LogP contribution in [0.4, 0.5) is 5.69 Å². The molecule has 0 heterocycles. The largest absolute Gasteiger partial charge is 0.485 e. The molecule has 0 N–H and O–H groups in total. The van der Waals surface area contributed by atoms with Crippen molar-refractivity contribution in [1.29, 1.82) is 0 Å². The molecule has 0 aliphatic heterocycles. The molecule has 2 rings (SSSR count). The van der Waals surface area contributed by atoms with Gasteiger partial charge in [0.25, 0.3) is 0 Å². The molecular weight excluding hydrogens is 394 g/mol. The monoisotopic (exact) mass is 419 g/mol. The minimum atomic E-state index is -3.36. The van der Waals surface area contributed by atoms with E-state index in [9.17, 15) is 18.0 Å². The Hall–Kier alpha value is -2.87. The third-order valence-corrected chi connectivity index (χ3v) is 5.45. The minimum absolute atomic E-state index is 0.179. The maximum Gasteiger partial charge on any atom is 0.338 e. The van der Waals surface area contributed by atoms with E-state index in [1.165, 1.54) is 7.05 Å². The molecule has 0 fully saturated rings. The molecule has 2 aromatic carbocycles. The first-order valence-corrected chi connectivity index (χ1v) is 11.0. The van der Waals surface area contributed by atoms with Gasteiger partial charge in [-0.2, -0.15) is 0 Å². The minimum Gasteiger partial charge on any atom is -0.485 e. The number of unbranched alkanes of at least 4 members (excludes halogenated alkanes) is 1. The van der Waals surface area contributed by atoms with Gasteiger partial charge in [0.05, 0.1) is 24.1 Å². The normalized spacial score (nSPS) is 11.0. The molecule has 0 atom stereocenters. The summed E-state index contributed by atoms with van der Waals surface area (Å²) < 4.78 is 34.9. The number of anilines is 1. The lowest BCUT2D eigenvalue weighted by molar-refractivity contribution is 0.0499. The third kappa shape index (κ3) is 6.60. The maximum absolute atomic E-state index is 12.3. The Bertz CT molecular complexity index is 936. The molecule has 7 nitrogen and oxygen atoms in total. The zero-order chi connectivity index (χ0) is 21.4. The van der Waals surface area contributed by atoms with Gasteiger partial charge in [-0.05, 0) is 55.0 Å². The standard InChI is InChI=1S/C21H25NO6S/c1-4-5-14-27-21(24)17-8-12-19(13-9-17)28-15-20(23)16-6-10-18(11-7-16)22(2)29(3,25)26/h6-13H,4-5,14-15H2,1-3H3. The van der Waals surface area contributed by atoms with Crippen LogP contribution in [0.5, 0.6) is 5.75 Å². The van der Waals surface area contributed by atoms with Crippen LogP contribution in [0.25, 0.3) is 0 Å². The van der Waals surface area contributed by atoms with Crippen molar-refractivity contribution >= 4 is 27.5 Å². The molecule has 0 unspecified atom stereocenters. The molecule has 0 saturated carbocycles. The number of Topliss-reactive ketones (excluding diaryl/α,β-unsaturated/α-hetero) is 1. The van der Waals surface area contributed by atoms with Crippen molar-refractivity contribution in [1.82, 2.24) is 0 Å². The summed E-state index contributed by atoms with van der Waals surface area (Å²) in [5.74, 6) is -0.182. The van der Waals surface area contributed by atoms with Crippen molar-refractivity contribution in [3.8, 4) is 5.75 Å². The molecule has 0 amide bonds. The van der Waals surface area contributed by atoms with Gasteiger partial charge in [-0.1, -0.05) is 13.3 Å². The van der Waals surface area contributed by atoms with Gasteiger partial charge < -0.3 is 9.47 Å². The van der Waals surface area contributed by atoms with E-state index >= 15 is 0 Å². The highest BCUT2D eigenvalue weighted by molar-refractivity contribution is 7.92. The van der Waals surface area contributed by atoms with Gasteiger partial charge in [-0.15, -0.1) is 0 Å². The lowest BCUT2D eigenvalue weighted by Crippen LogP contribution is -2.24. The Morgan fingerprint density at radius 3 is 2.10 bits per heavy atom. The van der Waals surface area contributed by atoms with Crippen LogP contribution in [0.1, 0.15) is 40.5 Å². The fourth-order valence-electron chi connectivity index (χ4n) is 2.36. The molecule has 0 spiro atoms. The van der Waals surface area contributed by atoms with E-state index in [-0.39, 0.29) is 18.4 Å². The third-order valence-electron chi connectivity index (χ3n) is 4.24. The molecule has 29 heavy (non-hydrogen) atoms. The van der Waals surface area contributed by atoms with E-state index in [2.05, 4.69) is 0 Å². The molecule has 0 aliphatic rings. The average molecular weight is 419 g/mol. The molecule has 156 valence electrons. The highest BCUT2D eigenvalue weighted by atomic mass is 32.2. The van der Waals surface area contributed by atoms with Gasteiger partial charge in [0, 0.05) is 12.6 Å². The van der Waals surface area contributed by atoms with Gasteiger partial charge in [-0.3, -0.25) is 9.10 Å². The summed E-state index contributed by atoms with van der Waals surface area (Å²) >= 11 is 0. The van der Waals surface area contributed by atoms with E-state index in [1.807, 2.05) is 6.92 Å². The SMILES string of the molecule is CCCCOC(=O)c1ccc(OCC(=O)c2ccc(N(C)S(C)(=O)=O)cc2)cc1. The number of rotatable bonds is 10. The van der Waals surface area contributed by atoms with Crippen LogP contribution in [-0.2, 0) is 14.8 Å². The number of carbonyl (C=O) groups excluding carboxylic acids is 2. The average Bonchev–Trinajstić information content (AvgIpc) is 2.71. The first-order valence-electron chi connectivity index (χ1n) is 9.19. The van der Waals surface area contributed by atoms with Crippen molar-refractivity contribution in [2.75, 3.05) is 30.8 Å².